The molecule has 2 aromatic heterocycles. The minimum absolute atomic E-state index is 0.211. The molecule has 3 rings (SSSR count). The van der Waals surface area contributed by atoms with E-state index in [9.17, 15) is 9.59 Å². The number of carbonyl (C=O) groups is 2. The van der Waals surface area contributed by atoms with Gasteiger partial charge in [-0.2, -0.15) is 0 Å². The highest BCUT2D eigenvalue weighted by atomic mass is 79.9. The second kappa shape index (κ2) is 7.25. The average Bonchev–Trinajstić information content (AvgIpc) is 3.21. The molecule has 0 aliphatic carbocycles. The maximum Gasteiger partial charge on any atom is 0.291 e. The molecule has 3 aromatic rings. The molecule has 2 heterocycles. The van der Waals surface area contributed by atoms with Crippen molar-refractivity contribution >= 4 is 49.8 Å². The van der Waals surface area contributed by atoms with Gasteiger partial charge in [0.05, 0.1) is 16.1 Å². The summed E-state index contributed by atoms with van der Waals surface area (Å²) in [4.78, 5) is 25.1. The minimum atomic E-state index is -0.347. The van der Waals surface area contributed by atoms with E-state index < -0.39 is 0 Å². The molecule has 0 aliphatic rings. The van der Waals surface area contributed by atoms with E-state index in [-0.39, 0.29) is 17.6 Å². The lowest BCUT2D eigenvalue weighted by Gasteiger charge is -2.06. The Morgan fingerprint density at radius 3 is 2.52 bits per heavy atom. The minimum Gasteiger partial charge on any atom is -0.459 e. The Bertz CT molecular complexity index is 932. The van der Waals surface area contributed by atoms with Crippen LogP contribution in [0, 0.1) is 13.8 Å². The second-order valence-electron chi connectivity index (χ2n) is 5.47. The van der Waals surface area contributed by atoms with Crippen LogP contribution in [0.3, 0.4) is 0 Å². The highest BCUT2D eigenvalue weighted by Crippen LogP contribution is 2.28. The van der Waals surface area contributed by atoms with E-state index in [0.29, 0.717) is 15.6 Å². The van der Waals surface area contributed by atoms with Crippen LogP contribution in [0.5, 0.6) is 0 Å². The summed E-state index contributed by atoms with van der Waals surface area (Å²) < 4.78 is 5.99. The van der Waals surface area contributed by atoms with Gasteiger partial charge in [-0.25, -0.2) is 0 Å². The molecule has 0 fully saturated rings. The lowest BCUT2D eigenvalue weighted by Crippen LogP contribution is -2.11. The standard InChI is InChI=1S/C18H15BrN2O3S/c1-10-5-6-12(9-13(10)19)20-18(23)16-11(2)8-15(25-16)21-17(22)14-4-3-7-24-14/h3-9H,1-2H3,(H,20,23)(H,21,22). The molecular weight excluding hydrogens is 404 g/mol. The van der Waals surface area contributed by atoms with Gasteiger partial charge < -0.3 is 15.1 Å². The molecule has 5 nitrogen and oxygen atoms in total. The molecule has 0 bridgehead atoms. The zero-order valence-electron chi connectivity index (χ0n) is 13.6. The lowest BCUT2D eigenvalue weighted by molar-refractivity contribution is 0.0995. The zero-order valence-corrected chi connectivity index (χ0v) is 16.0. The average molecular weight is 419 g/mol. The summed E-state index contributed by atoms with van der Waals surface area (Å²) in [6, 6.07) is 10.6. The summed E-state index contributed by atoms with van der Waals surface area (Å²) in [5, 5.41) is 6.20. The summed E-state index contributed by atoms with van der Waals surface area (Å²) in [5.74, 6) is -0.334. The molecule has 2 amide bonds. The Morgan fingerprint density at radius 1 is 1.04 bits per heavy atom. The van der Waals surface area contributed by atoms with Crippen molar-refractivity contribution in [3.05, 3.63) is 68.9 Å². The third kappa shape index (κ3) is 4.00. The number of hydrogen-bond acceptors (Lipinski definition) is 4. The molecule has 0 unspecified atom stereocenters. The summed E-state index contributed by atoms with van der Waals surface area (Å²) in [6.45, 7) is 3.81. The molecule has 0 radical (unpaired) electrons. The number of amides is 2. The monoisotopic (exact) mass is 418 g/mol. The first-order chi connectivity index (χ1) is 11.9. The molecule has 0 atom stereocenters. The molecule has 2 N–H and O–H groups in total. The molecule has 0 aliphatic heterocycles. The predicted octanol–water partition coefficient (Wildman–Crippen LogP) is 5.23. The van der Waals surface area contributed by atoms with Crippen LogP contribution in [0.15, 0.2) is 51.6 Å². The van der Waals surface area contributed by atoms with Crippen molar-refractivity contribution in [2.45, 2.75) is 13.8 Å². The zero-order chi connectivity index (χ0) is 18.0. The van der Waals surface area contributed by atoms with Crippen LogP contribution in [0.1, 0.15) is 31.4 Å². The van der Waals surface area contributed by atoms with Crippen LogP contribution in [-0.4, -0.2) is 11.8 Å². The first kappa shape index (κ1) is 17.4. The first-order valence-corrected chi connectivity index (χ1v) is 9.08. The van der Waals surface area contributed by atoms with Crippen molar-refractivity contribution in [1.29, 1.82) is 0 Å². The number of thiophene rings is 1. The van der Waals surface area contributed by atoms with Gasteiger partial charge in [0, 0.05) is 10.2 Å². The fraction of sp³-hybridized carbons (Fsp3) is 0.111. The topological polar surface area (TPSA) is 71.3 Å². The highest BCUT2D eigenvalue weighted by molar-refractivity contribution is 9.10. The van der Waals surface area contributed by atoms with E-state index >= 15 is 0 Å². The van der Waals surface area contributed by atoms with Gasteiger partial charge in [0.2, 0.25) is 0 Å². The van der Waals surface area contributed by atoms with Crippen LogP contribution in [0.4, 0.5) is 10.7 Å². The van der Waals surface area contributed by atoms with Crippen molar-refractivity contribution in [3.8, 4) is 0 Å². The highest BCUT2D eigenvalue weighted by Gasteiger charge is 2.17. The first-order valence-electron chi connectivity index (χ1n) is 7.47. The van der Waals surface area contributed by atoms with Crippen molar-refractivity contribution in [2.75, 3.05) is 10.6 Å². The maximum atomic E-state index is 12.5. The summed E-state index contributed by atoms with van der Waals surface area (Å²) in [6.07, 6.45) is 1.44. The molecule has 25 heavy (non-hydrogen) atoms. The number of aryl methyl sites for hydroxylation is 2. The van der Waals surface area contributed by atoms with Crippen LogP contribution in [0.25, 0.3) is 0 Å². The molecule has 1 aromatic carbocycles. The Balaban J connectivity index is 1.74. The Kier molecular flexibility index (Phi) is 5.06. The Hall–Kier alpha value is -2.38. The number of furan rings is 1. The SMILES string of the molecule is Cc1ccc(NC(=O)c2sc(NC(=O)c3ccco3)cc2C)cc1Br. The van der Waals surface area contributed by atoms with E-state index in [4.69, 9.17) is 4.42 Å². The number of nitrogens with one attached hydrogen (secondary N) is 2. The van der Waals surface area contributed by atoms with Crippen LogP contribution >= 0.6 is 27.3 Å². The quantitative estimate of drug-likeness (QED) is 0.609. The van der Waals surface area contributed by atoms with E-state index in [1.807, 2.05) is 32.0 Å². The number of halogens is 1. The third-order valence-corrected chi connectivity index (χ3v) is 5.54. The van der Waals surface area contributed by atoms with Gasteiger partial charge in [0.25, 0.3) is 11.8 Å². The largest absolute Gasteiger partial charge is 0.459 e. The summed E-state index contributed by atoms with van der Waals surface area (Å²) in [5.41, 5.74) is 2.59. The van der Waals surface area contributed by atoms with Gasteiger partial charge in [0.15, 0.2) is 5.76 Å². The number of benzene rings is 1. The van der Waals surface area contributed by atoms with Crippen molar-refractivity contribution in [2.24, 2.45) is 0 Å². The second-order valence-corrected chi connectivity index (χ2v) is 7.38. The lowest BCUT2D eigenvalue weighted by atomic mass is 10.2. The van der Waals surface area contributed by atoms with Crippen LogP contribution in [-0.2, 0) is 0 Å². The summed E-state index contributed by atoms with van der Waals surface area (Å²) in [7, 11) is 0. The van der Waals surface area contributed by atoms with Gasteiger partial charge in [-0.1, -0.05) is 22.0 Å². The molecule has 0 spiro atoms. The summed E-state index contributed by atoms with van der Waals surface area (Å²) >= 11 is 4.67. The van der Waals surface area contributed by atoms with Gasteiger partial charge in [0.1, 0.15) is 0 Å². The molecule has 0 saturated carbocycles. The third-order valence-electron chi connectivity index (χ3n) is 3.54. The number of anilines is 2. The van der Waals surface area contributed by atoms with E-state index in [1.54, 1.807) is 18.2 Å². The van der Waals surface area contributed by atoms with Gasteiger partial charge in [-0.3, -0.25) is 9.59 Å². The fourth-order valence-corrected chi connectivity index (χ4v) is 3.55. The normalized spacial score (nSPS) is 10.5. The van der Waals surface area contributed by atoms with Gasteiger partial charge in [-0.15, -0.1) is 11.3 Å². The molecular formula is C18H15BrN2O3S. The molecule has 0 saturated heterocycles. The molecule has 7 heteroatoms. The number of carbonyl (C=O) groups excluding carboxylic acids is 2. The van der Waals surface area contributed by atoms with Gasteiger partial charge >= 0.3 is 0 Å². The van der Waals surface area contributed by atoms with Crippen LogP contribution in [0.2, 0.25) is 0 Å². The Morgan fingerprint density at radius 2 is 1.84 bits per heavy atom. The molecule has 128 valence electrons. The number of rotatable bonds is 4. The van der Waals surface area contributed by atoms with Crippen molar-refractivity contribution in [3.63, 3.8) is 0 Å². The van der Waals surface area contributed by atoms with E-state index in [0.717, 1.165) is 15.6 Å². The maximum absolute atomic E-state index is 12.5. The van der Waals surface area contributed by atoms with Crippen molar-refractivity contribution in [1.82, 2.24) is 0 Å². The van der Waals surface area contributed by atoms with E-state index in [2.05, 4.69) is 26.6 Å². The van der Waals surface area contributed by atoms with Crippen LogP contribution < -0.4 is 10.6 Å². The fourth-order valence-electron chi connectivity index (χ4n) is 2.21. The smallest absolute Gasteiger partial charge is 0.291 e. The number of hydrogen-bond donors (Lipinski definition) is 2. The predicted molar refractivity (Wildman–Crippen MR) is 103 cm³/mol. The van der Waals surface area contributed by atoms with Gasteiger partial charge in [-0.05, 0) is 55.3 Å². The van der Waals surface area contributed by atoms with Crippen molar-refractivity contribution < 1.29 is 14.0 Å². The van der Waals surface area contributed by atoms with E-state index in [1.165, 1.54) is 17.6 Å². The Labute approximate surface area is 157 Å².